The number of carboxylic acids is 1. The average Bonchev–Trinajstić information content (AvgIpc) is 2.85. The molecule has 1 fully saturated rings. The normalized spacial score (nSPS) is 20.3. The molecular weight excluding hydrogens is 251 g/mol. The van der Waals surface area contributed by atoms with Gasteiger partial charge in [-0.1, -0.05) is 0 Å². The van der Waals surface area contributed by atoms with E-state index in [1.807, 2.05) is 0 Å². The topological polar surface area (TPSA) is 51.5 Å². The smallest absolute Gasteiger partial charge is 0.418 e. The van der Waals surface area contributed by atoms with E-state index in [0.717, 1.165) is 25.2 Å². The predicted molar refractivity (Wildman–Crippen MR) is 55.4 cm³/mol. The van der Waals surface area contributed by atoms with Crippen molar-refractivity contribution < 1.29 is 27.8 Å². The first-order chi connectivity index (χ1) is 8.38. The van der Waals surface area contributed by atoms with E-state index in [0.29, 0.717) is 6.61 Å². The van der Waals surface area contributed by atoms with Gasteiger partial charge in [0.1, 0.15) is 0 Å². The summed E-state index contributed by atoms with van der Waals surface area (Å²) in [5.41, 5.74) is -1.84. The lowest BCUT2D eigenvalue weighted by Gasteiger charge is -2.09. The molecule has 0 saturated carbocycles. The Morgan fingerprint density at radius 2 is 2.22 bits per heavy atom. The second-order valence-corrected chi connectivity index (χ2v) is 4.22. The van der Waals surface area contributed by atoms with Crippen LogP contribution in [-0.2, 0) is 17.5 Å². The summed E-state index contributed by atoms with van der Waals surface area (Å²) in [6.07, 6.45) is -1.31. The molecule has 0 aromatic carbocycles. The van der Waals surface area contributed by atoms with Gasteiger partial charge in [-0.25, -0.2) is 4.79 Å². The van der Waals surface area contributed by atoms with Crippen molar-refractivity contribution in [3.63, 3.8) is 0 Å². The van der Waals surface area contributed by atoms with Crippen molar-refractivity contribution in [2.45, 2.75) is 31.7 Å². The van der Waals surface area contributed by atoms with Crippen LogP contribution < -0.4 is 0 Å². The van der Waals surface area contributed by atoms with Gasteiger partial charge in [0.05, 0.1) is 17.2 Å². The maximum absolute atomic E-state index is 12.6. The lowest BCUT2D eigenvalue weighted by molar-refractivity contribution is -0.138. The Kier molecular flexibility index (Phi) is 3.34. The van der Waals surface area contributed by atoms with Crippen molar-refractivity contribution in [1.82, 2.24) is 4.57 Å². The summed E-state index contributed by atoms with van der Waals surface area (Å²) in [4.78, 5) is 10.8. The zero-order chi connectivity index (χ0) is 13.3. The van der Waals surface area contributed by atoms with Crippen molar-refractivity contribution >= 4 is 5.97 Å². The van der Waals surface area contributed by atoms with Gasteiger partial charge in [0.25, 0.3) is 0 Å². The van der Waals surface area contributed by atoms with E-state index in [4.69, 9.17) is 9.84 Å². The first-order valence-electron chi connectivity index (χ1n) is 5.50. The van der Waals surface area contributed by atoms with Crippen LogP contribution in [0.1, 0.15) is 28.8 Å². The van der Waals surface area contributed by atoms with Crippen LogP contribution in [0.5, 0.6) is 0 Å². The average molecular weight is 263 g/mol. The van der Waals surface area contributed by atoms with Gasteiger partial charge in [0, 0.05) is 25.5 Å². The summed E-state index contributed by atoms with van der Waals surface area (Å²) in [5.74, 6) is -1.58. The van der Waals surface area contributed by atoms with Crippen molar-refractivity contribution in [2.24, 2.45) is 0 Å². The lowest BCUT2D eigenvalue weighted by Crippen LogP contribution is -2.13. The van der Waals surface area contributed by atoms with Gasteiger partial charge in [-0.2, -0.15) is 13.2 Å². The van der Waals surface area contributed by atoms with Crippen LogP contribution >= 0.6 is 0 Å². The zero-order valence-corrected chi connectivity index (χ0v) is 9.41. The number of rotatable bonds is 3. The Morgan fingerprint density at radius 3 is 2.67 bits per heavy atom. The fourth-order valence-electron chi connectivity index (χ4n) is 2.03. The molecule has 0 amide bonds. The third-order valence-corrected chi connectivity index (χ3v) is 2.85. The number of carboxylic acid groups (broad SMARTS) is 1. The highest BCUT2D eigenvalue weighted by Gasteiger charge is 2.37. The van der Waals surface area contributed by atoms with Crippen LogP contribution in [0.3, 0.4) is 0 Å². The van der Waals surface area contributed by atoms with Crippen LogP contribution in [0.15, 0.2) is 12.4 Å². The largest absolute Gasteiger partial charge is 0.478 e. The van der Waals surface area contributed by atoms with Gasteiger partial charge in [0.15, 0.2) is 0 Å². The van der Waals surface area contributed by atoms with Gasteiger partial charge in [-0.15, -0.1) is 0 Å². The molecule has 0 bridgehead atoms. The van der Waals surface area contributed by atoms with E-state index in [9.17, 15) is 18.0 Å². The molecule has 0 aliphatic carbocycles. The summed E-state index contributed by atoms with van der Waals surface area (Å²) < 4.78 is 44.4. The number of hydrogen-bond donors (Lipinski definition) is 1. The molecule has 1 aromatic heterocycles. The number of nitrogens with zero attached hydrogens (tertiary/aromatic N) is 1. The summed E-state index contributed by atoms with van der Waals surface area (Å²) in [6, 6.07) is 0. The molecule has 1 saturated heterocycles. The first-order valence-corrected chi connectivity index (χ1v) is 5.50. The Labute approximate surface area is 101 Å². The van der Waals surface area contributed by atoms with Crippen molar-refractivity contribution in [3.8, 4) is 0 Å². The van der Waals surface area contributed by atoms with E-state index in [-0.39, 0.29) is 12.6 Å². The molecule has 1 N–H and O–H groups in total. The van der Waals surface area contributed by atoms with E-state index in [1.54, 1.807) is 0 Å². The molecule has 1 aliphatic rings. The van der Waals surface area contributed by atoms with Crippen molar-refractivity contribution in [3.05, 3.63) is 23.5 Å². The molecule has 2 heterocycles. The minimum atomic E-state index is -4.66. The molecular formula is C11H12F3NO3. The van der Waals surface area contributed by atoms with E-state index in [1.165, 1.54) is 4.57 Å². The van der Waals surface area contributed by atoms with Crippen LogP contribution in [0, 0.1) is 0 Å². The molecule has 18 heavy (non-hydrogen) atoms. The van der Waals surface area contributed by atoms with Crippen LogP contribution in [0.25, 0.3) is 0 Å². The Hall–Kier alpha value is -1.50. The lowest BCUT2D eigenvalue weighted by atomic mass is 10.2. The Balaban J connectivity index is 2.24. The summed E-state index contributed by atoms with van der Waals surface area (Å²) in [7, 11) is 0. The number of aromatic nitrogens is 1. The summed E-state index contributed by atoms with van der Waals surface area (Å²) in [6.45, 7) is 0.847. The third-order valence-electron chi connectivity index (χ3n) is 2.85. The monoisotopic (exact) mass is 263 g/mol. The molecule has 1 atom stereocenters. The molecule has 1 unspecified atom stereocenters. The molecule has 1 aromatic rings. The summed E-state index contributed by atoms with van der Waals surface area (Å²) in [5, 5.41) is 8.76. The molecule has 7 heteroatoms. The standard InChI is InChI=1S/C11H12F3NO3/c12-11(13,14)9-6-15(5-8(9)10(16)17)4-7-2-1-3-18-7/h5-7H,1-4H2,(H,16,17). The molecule has 1 aliphatic heterocycles. The zero-order valence-electron chi connectivity index (χ0n) is 9.41. The maximum Gasteiger partial charge on any atom is 0.418 e. The molecule has 0 radical (unpaired) electrons. The Morgan fingerprint density at radius 1 is 1.50 bits per heavy atom. The van der Waals surface area contributed by atoms with Gasteiger partial charge in [0.2, 0.25) is 0 Å². The minimum absolute atomic E-state index is 0.139. The fourth-order valence-corrected chi connectivity index (χ4v) is 2.03. The number of aromatic carboxylic acids is 1. The quantitative estimate of drug-likeness (QED) is 0.910. The third kappa shape index (κ3) is 2.66. The summed E-state index contributed by atoms with van der Waals surface area (Å²) >= 11 is 0. The Bertz CT molecular complexity index is 447. The number of carbonyl (C=O) groups is 1. The highest BCUT2D eigenvalue weighted by molar-refractivity contribution is 5.89. The number of alkyl halides is 3. The van der Waals surface area contributed by atoms with Crippen molar-refractivity contribution in [2.75, 3.05) is 6.61 Å². The first kappa shape index (κ1) is 12.9. The SMILES string of the molecule is O=C(O)c1cn(CC2CCCO2)cc1C(F)(F)F. The molecule has 100 valence electrons. The van der Waals surface area contributed by atoms with Crippen LogP contribution in [-0.4, -0.2) is 28.4 Å². The second kappa shape index (κ2) is 4.64. The maximum atomic E-state index is 12.6. The van der Waals surface area contributed by atoms with E-state index in [2.05, 4.69) is 0 Å². The highest BCUT2D eigenvalue weighted by Crippen LogP contribution is 2.33. The van der Waals surface area contributed by atoms with Gasteiger partial charge in [-0.3, -0.25) is 0 Å². The van der Waals surface area contributed by atoms with Gasteiger partial charge >= 0.3 is 12.1 Å². The minimum Gasteiger partial charge on any atom is -0.478 e. The number of halogens is 3. The van der Waals surface area contributed by atoms with Crippen LogP contribution in [0.4, 0.5) is 13.2 Å². The second-order valence-electron chi connectivity index (χ2n) is 4.22. The molecule has 0 spiro atoms. The van der Waals surface area contributed by atoms with Crippen LogP contribution in [0.2, 0.25) is 0 Å². The van der Waals surface area contributed by atoms with E-state index < -0.39 is 23.3 Å². The highest BCUT2D eigenvalue weighted by atomic mass is 19.4. The number of ether oxygens (including phenoxy) is 1. The predicted octanol–water partition coefficient (Wildman–Crippen LogP) is 2.38. The fraction of sp³-hybridized carbons (Fsp3) is 0.545. The van der Waals surface area contributed by atoms with E-state index >= 15 is 0 Å². The van der Waals surface area contributed by atoms with Gasteiger partial charge in [-0.05, 0) is 12.8 Å². The van der Waals surface area contributed by atoms with Gasteiger partial charge < -0.3 is 14.4 Å². The molecule has 2 rings (SSSR count). The molecule has 4 nitrogen and oxygen atoms in total. The number of hydrogen-bond acceptors (Lipinski definition) is 2. The van der Waals surface area contributed by atoms with Crippen molar-refractivity contribution in [1.29, 1.82) is 0 Å².